The van der Waals surface area contributed by atoms with Crippen molar-refractivity contribution in [3.63, 3.8) is 0 Å². The van der Waals surface area contributed by atoms with Gasteiger partial charge in [-0.15, -0.1) is 0 Å². The van der Waals surface area contributed by atoms with Crippen LogP contribution in [-0.4, -0.2) is 59.7 Å². The third-order valence-electron chi connectivity index (χ3n) is 5.50. The fraction of sp³-hybridized carbons (Fsp3) is 0.417. The van der Waals surface area contributed by atoms with Crippen molar-refractivity contribution in [2.24, 2.45) is 0 Å². The van der Waals surface area contributed by atoms with E-state index in [2.05, 4.69) is 29.2 Å². The summed E-state index contributed by atoms with van der Waals surface area (Å²) in [6.07, 6.45) is 1.46. The van der Waals surface area contributed by atoms with Gasteiger partial charge in [0.1, 0.15) is 6.04 Å². The van der Waals surface area contributed by atoms with Gasteiger partial charge in [0, 0.05) is 41.8 Å². The maximum Gasteiger partial charge on any atom is 0.254 e. The molecule has 0 saturated carbocycles. The molecule has 2 aromatic carbocycles. The van der Waals surface area contributed by atoms with Gasteiger partial charge in [0.2, 0.25) is 5.91 Å². The molecule has 2 aromatic rings. The summed E-state index contributed by atoms with van der Waals surface area (Å²) >= 11 is 12.1. The van der Waals surface area contributed by atoms with E-state index in [1.54, 1.807) is 23.1 Å². The number of nitrogens with zero attached hydrogens (tertiary/aromatic N) is 3. The molecule has 166 valence electrons. The summed E-state index contributed by atoms with van der Waals surface area (Å²) in [4.78, 5) is 32.0. The number of benzene rings is 2. The molecular formula is C24H29Cl2N3O2. The van der Waals surface area contributed by atoms with Crippen molar-refractivity contribution in [1.82, 2.24) is 14.7 Å². The van der Waals surface area contributed by atoms with Crippen molar-refractivity contribution >= 4 is 35.0 Å². The van der Waals surface area contributed by atoms with Gasteiger partial charge in [-0.2, -0.15) is 0 Å². The van der Waals surface area contributed by atoms with Crippen LogP contribution in [0.2, 0.25) is 10.0 Å². The second kappa shape index (κ2) is 10.5. The number of amides is 2. The number of carbonyl (C=O) groups excluding carboxylic acids is 2. The Morgan fingerprint density at radius 2 is 1.58 bits per heavy atom. The normalized spacial score (nSPS) is 16.1. The Labute approximate surface area is 194 Å². The predicted octanol–water partition coefficient (Wildman–Crippen LogP) is 4.71. The number of hydrogen-bond acceptors (Lipinski definition) is 3. The highest BCUT2D eigenvalue weighted by atomic mass is 35.5. The maximum absolute atomic E-state index is 13.3. The van der Waals surface area contributed by atoms with E-state index in [1.807, 2.05) is 25.9 Å². The van der Waals surface area contributed by atoms with E-state index < -0.39 is 6.04 Å². The minimum Gasteiger partial charge on any atom is -0.337 e. The molecule has 1 aliphatic heterocycles. The van der Waals surface area contributed by atoms with Crippen LogP contribution in [0.15, 0.2) is 42.5 Å². The molecule has 1 aliphatic rings. The molecule has 0 aromatic heterocycles. The van der Waals surface area contributed by atoms with Gasteiger partial charge in [-0.05, 0) is 63.2 Å². The average molecular weight is 462 g/mol. The zero-order valence-electron chi connectivity index (χ0n) is 18.3. The van der Waals surface area contributed by atoms with Crippen molar-refractivity contribution in [3.8, 4) is 0 Å². The van der Waals surface area contributed by atoms with Crippen molar-refractivity contribution in [3.05, 3.63) is 69.2 Å². The Bertz CT molecular complexity index is 911. The van der Waals surface area contributed by atoms with Crippen LogP contribution in [0.25, 0.3) is 0 Å². The van der Waals surface area contributed by atoms with Crippen LogP contribution in [0.4, 0.5) is 0 Å². The quantitative estimate of drug-likeness (QED) is 0.599. The fourth-order valence-electron chi connectivity index (χ4n) is 4.00. The number of halogens is 2. The molecule has 1 saturated heterocycles. The first-order valence-electron chi connectivity index (χ1n) is 10.6. The molecule has 31 heavy (non-hydrogen) atoms. The van der Waals surface area contributed by atoms with Gasteiger partial charge in [-0.1, -0.05) is 47.5 Å². The molecule has 1 atom stereocenters. The first-order valence-corrected chi connectivity index (χ1v) is 11.3. The van der Waals surface area contributed by atoms with Gasteiger partial charge in [-0.3, -0.25) is 9.59 Å². The van der Waals surface area contributed by atoms with Crippen molar-refractivity contribution in [2.45, 2.75) is 38.9 Å². The maximum atomic E-state index is 13.3. The molecule has 2 amide bonds. The molecule has 7 heteroatoms. The van der Waals surface area contributed by atoms with Gasteiger partial charge in [-0.25, -0.2) is 0 Å². The summed E-state index contributed by atoms with van der Waals surface area (Å²) in [7, 11) is 4.08. The van der Waals surface area contributed by atoms with Crippen LogP contribution in [0, 0.1) is 0 Å². The Hall–Kier alpha value is -2.08. The van der Waals surface area contributed by atoms with E-state index in [1.165, 1.54) is 5.56 Å². The molecule has 1 unspecified atom stereocenters. The van der Waals surface area contributed by atoms with Gasteiger partial charge in [0.05, 0.1) is 0 Å². The Morgan fingerprint density at radius 1 is 1.00 bits per heavy atom. The van der Waals surface area contributed by atoms with Crippen molar-refractivity contribution in [2.75, 3.05) is 27.2 Å². The zero-order chi connectivity index (χ0) is 22.5. The van der Waals surface area contributed by atoms with E-state index in [-0.39, 0.29) is 11.8 Å². The van der Waals surface area contributed by atoms with Crippen LogP contribution in [-0.2, 0) is 17.9 Å². The van der Waals surface area contributed by atoms with Gasteiger partial charge in [0.25, 0.3) is 5.91 Å². The Kier molecular flexibility index (Phi) is 7.98. The smallest absolute Gasteiger partial charge is 0.254 e. The molecule has 1 heterocycles. The molecule has 0 bridgehead atoms. The Balaban J connectivity index is 1.72. The monoisotopic (exact) mass is 461 g/mol. The van der Waals surface area contributed by atoms with Crippen LogP contribution >= 0.6 is 23.2 Å². The molecular weight excluding hydrogens is 433 g/mol. The number of likely N-dealkylation sites (N-methyl/N-ethyl adjacent to an activating group) is 1. The second-order valence-corrected chi connectivity index (χ2v) is 9.09. The summed E-state index contributed by atoms with van der Waals surface area (Å²) < 4.78 is 0. The summed E-state index contributed by atoms with van der Waals surface area (Å²) in [5.74, 6) is -0.219. The Morgan fingerprint density at radius 3 is 2.13 bits per heavy atom. The molecule has 0 N–H and O–H groups in total. The second-order valence-electron chi connectivity index (χ2n) is 8.22. The minimum atomic E-state index is -0.460. The van der Waals surface area contributed by atoms with Crippen molar-refractivity contribution in [1.29, 1.82) is 0 Å². The molecule has 1 fully saturated rings. The average Bonchev–Trinajstić information content (AvgIpc) is 3.21. The van der Waals surface area contributed by atoms with Crippen LogP contribution in [0.5, 0.6) is 0 Å². The van der Waals surface area contributed by atoms with Crippen LogP contribution < -0.4 is 0 Å². The highest BCUT2D eigenvalue weighted by Gasteiger charge is 2.36. The van der Waals surface area contributed by atoms with Crippen molar-refractivity contribution < 1.29 is 9.59 Å². The fourth-order valence-corrected chi connectivity index (χ4v) is 4.53. The lowest BCUT2D eigenvalue weighted by molar-refractivity contribution is -0.135. The summed E-state index contributed by atoms with van der Waals surface area (Å²) in [6.45, 7) is 4.51. The van der Waals surface area contributed by atoms with Gasteiger partial charge in [0.15, 0.2) is 0 Å². The highest BCUT2D eigenvalue weighted by Crippen LogP contribution is 2.26. The molecule has 3 rings (SSSR count). The third kappa shape index (κ3) is 6.00. The molecule has 0 radical (unpaired) electrons. The summed E-state index contributed by atoms with van der Waals surface area (Å²) in [5.41, 5.74) is 2.72. The number of rotatable bonds is 7. The lowest BCUT2D eigenvalue weighted by Crippen LogP contribution is -2.47. The van der Waals surface area contributed by atoms with Crippen LogP contribution in [0.3, 0.4) is 0 Å². The molecule has 0 spiro atoms. The molecule has 5 nitrogen and oxygen atoms in total. The lowest BCUT2D eigenvalue weighted by atomic mass is 10.1. The number of likely N-dealkylation sites (tertiary alicyclic amines) is 1. The predicted molar refractivity (Wildman–Crippen MR) is 125 cm³/mol. The highest BCUT2D eigenvalue weighted by molar-refractivity contribution is 6.35. The number of hydrogen-bond donors (Lipinski definition) is 0. The zero-order valence-corrected chi connectivity index (χ0v) is 19.8. The number of carbonyl (C=O) groups is 2. The van der Waals surface area contributed by atoms with E-state index in [0.29, 0.717) is 41.7 Å². The topological polar surface area (TPSA) is 43.9 Å². The largest absolute Gasteiger partial charge is 0.337 e. The summed E-state index contributed by atoms with van der Waals surface area (Å²) in [5, 5.41) is 0.816. The van der Waals surface area contributed by atoms with Gasteiger partial charge < -0.3 is 14.7 Å². The third-order valence-corrected chi connectivity index (χ3v) is 5.93. The first-order chi connectivity index (χ1) is 14.8. The van der Waals surface area contributed by atoms with E-state index in [4.69, 9.17) is 23.2 Å². The van der Waals surface area contributed by atoms with E-state index in [0.717, 1.165) is 18.5 Å². The van der Waals surface area contributed by atoms with E-state index in [9.17, 15) is 9.59 Å². The first kappa shape index (κ1) is 23.6. The van der Waals surface area contributed by atoms with Gasteiger partial charge >= 0.3 is 0 Å². The molecule has 0 aliphatic carbocycles. The SMILES string of the molecule is CCN(Cc1ccc(CN(C)C)cc1)C(=O)C1CCCN1C(=O)c1cc(Cl)cc(Cl)c1. The minimum absolute atomic E-state index is 0.0150. The summed E-state index contributed by atoms with van der Waals surface area (Å²) in [6, 6.07) is 12.7. The van der Waals surface area contributed by atoms with E-state index >= 15 is 0 Å². The van der Waals surface area contributed by atoms with Crippen LogP contribution in [0.1, 0.15) is 41.3 Å². The lowest BCUT2D eigenvalue weighted by Gasteiger charge is -2.30. The standard InChI is InChI=1S/C24H29Cl2N3O2/c1-4-28(16-18-9-7-17(8-10-18)15-27(2)3)24(31)22-6-5-11-29(22)23(30)19-12-20(25)14-21(26)13-19/h7-10,12-14,22H,4-6,11,15-16H2,1-3H3.